The van der Waals surface area contributed by atoms with Crippen molar-refractivity contribution in [1.29, 1.82) is 0 Å². The molecule has 2 fully saturated rings. The van der Waals surface area contributed by atoms with Gasteiger partial charge in [0.05, 0.1) is 0 Å². The first-order valence-electron chi connectivity index (χ1n) is 8.47. The Labute approximate surface area is 146 Å². The Hall–Kier alpha value is -0.330. The van der Waals surface area contributed by atoms with E-state index < -0.39 is 14.6 Å². The minimum Gasteiger partial charge on any atom is -0.341 e. The third-order valence-electron chi connectivity index (χ3n) is 5.51. The fourth-order valence-corrected chi connectivity index (χ4v) is 5.25. The van der Waals surface area contributed by atoms with Crippen molar-refractivity contribution in [3.05, 3.63) is 0 Å². The van der Waals surface area contributed by atoms with Crippen molar-refractivity contribution in [2.75, 3.05) is 32.4 Å². The number of hydrogen-bond acceptors (Lipinski definition) is 4. The SMILES string of the molecule is CC(C)C1CCCN(C(=O)C2(S(C)(=O)=O)CCNCC2)CC1.Cl. The normalized spacial score (nSPS) is 25.6. The molecule has 2 rings (SSSR count). The van der Waals surface area contributed by atoms with Crippen molar-refractivity contribution in [2.24, 2.45) is 11.8 Å². The van der Waals surface area contributed by atoms with Crippen LogP contribution in [0.4, 0.5) is 0 Å². The topological polar surface area (TPSA) is 66.5 Å². The average molecular weight is 367 g/mol. The number of piperidine rings is 1. The first-order chi connectivity index (χ1) is 10.3. The summed E-state index contributed by atoms with van der Waals surface area (Å²) in [5, 5.41) is 3.17. The lowest BCUT2D eigenvalue weighted by Gasteiger charge is -2.38. The lowest BCUT2D eigenvalue weighted by molar-refractivity contribution is -0.134. The van der Waals surface area contributed by atoms with Crippen LogP contribution < -0.4 is 5.32 Å². The van der Waals surface area contributed by atoms with Crippen LogP contribution in [-0.4, -0.2) is 56.4 Å². The molecular weight excluding hydrogens is 336 g/mol. The second kappa shape index (κ2) is 8.17. The van der Waals surface area contributed by atoms with Crippen LogP contribution in [0.25, 0.3) is 0 Å². The van der Waals surface area contributed by atoms with Gasteiger partial charge < -0.3 is 10.2 Å². The van der Waals surface area contributed by atoms with E-state index in [1.54, 1.807) is 0 Å². The Morgan fingerprint density at radius 3 is 2.30 bits per heavy atom. The first kappa shape index (κ1) is 20.7. The molecule has 0 spiro atoms. The van der Waals surface area contributed by atoms with Gasteiger partial charge in [-0.25, -0.2) is 8.42 Å². The molecule has 1 amide bonds. The number of amides is 1. The van der Waals surface area contributed by atoms with E-state index in [9.17, 15) is 13.2 Å². The highest BCUT2D eigenvalue weighted by molar-refractivity contribution is 7.92. The number of hydrogen-bond donors (Lipinski definition) is 1. The molecule has 1 unspecified atom stereocenters. The lowest BCUT2D eigenvalue weighted by Crippen LogP contribution is -2.58. The molecule has 0 saturated carbocycles. The van der Waals surface area contributed by atoms with Gasteiger partial charge >= 0.3 is 0 Å². The van der Waals surface area contributed by atoms with Crippen molar-refractivity contribution < 1.29 is 13.2 Å². The fraction of sp³-hybridized carbons (Fsp3) is 0.938. The summed E-state index contributed by atoms with van der Waals surface area (Å²) < 4.78 is 23.6. The van der Waals surface area contributed by atoms with Crippen molar-refractivity contribution in [1.82, 2.24) is 10.2 Å². The monoisotopic (exact) mass is 366 g/mol. The Bertz CT molecular complexity index is 501. The highest BCUT2D eigenvalue weighted by Crippen LogP contribution is 2.32. The Kier molecular flexibility index (Phi) is 7.36. The lowest BCUT2D eigenvalue weighted by atomic mass is 9.89. The molecule has 23 heavy (non-hydrogen) atoms. The van der Waals surface area contributed by atoms with Crippen LogP contribution in [0, 0.1) is 11.8 Å². The number of sulfone groups is 1. The average Bonchev–Trinajstić information content (AvgIpc) is 2.72. The second-order valence-corrected chi connectivity index (χ2v) is 9.57. The van der Waals surface area contributed by atoms with E-state index >= 15 is 0 Å². The highest BCUT2D eigenvalue weighted by Gasteiger charge is 2.50. The van der Waals surface area contributed by atoms with Gasteiger partial charge in [0.1, 0.15) is 0 Å². The number of carbonyl (C=O) groups is 1. The predicted octanol–water partition coefficient (Wildman–Crippen LogP) is 1.86. The van der Waals surface area contributed by atoms with Gasteiger partial charge in [-0.15, -0.1) is 12.4 Å². The summed E-state index contributed by atoms with van der Waals surface area (Å²) in [6, 6.07) is 0. The van der Waals surface area contributed by atoms with E-state index in [1.165, 1.54) is 6.26 Å². The quantitative estimate of drug-likeness (QED) is 0.827. The van der Waals surface area contributed by atoms with Crippen LogP contribution in [0.3, 0.4) is 0 Å². The summed E-state index contributed by atoms with van der Waals surface area (Å²) in [6.45, 7) is 7.06. The molecule has 7 heteroatoms. The van der Waals surface area contributed by atoms with Gasteiger partial charge in [-0.05, 0) is 57.0 Å². The molecule has 2 aliphatic heterocycles. The van der Waals surface area contributed by atoms with Gasteiger partial charge in [0.2, 0.25) is 5.91 Å². The summed E-state index contributed by atoms with van der Waals surface area (Å²) in [5.41, 5.74) is 0. The smallest absolute Gasteiger partial charge is 0.244 e. The van der Waals surface area contributed by atoms with E-state index in [0.29, 0.717) is 50.9 Å². The molecule has 0 aliphatic carbocycles. The zero-order chi connectivity index (χ0) is 16.4. The van der Waals surface area contributed by atoms with Gasteiger partial charge in [0, 0.05) is 19.3 Å². The van der Waals surface area contributed by atoms with Crippen molar-refractivity contribution in [2.45, 2.75) is 50.7 Å². The van der Waals surface area contributed by atoms with Gasteiger partial charge in [-0.3, -0.25) is 4.79 Å². The Balaban J connectivity index is 0.00000264. The summed E-state index contributed by atoms with van der Waals surface area (Å²) in [5.74, 6) is 1.11. The third kappa shape index (κ3) is 4.40. The molecule has 0 aromatic rings. The van der Waals surface area contributed by atoms with E-state index in [0.717, 1.165) is 19.3 Å². The molecule has 136 valence electrons. The first-order valence-corrected chi connectivity index (χ1v) is 10.4. The number of likely N-dealkylation sites (tertiary alicyclic amines) is 1. The van der Waals surface area contributed by atoms with E-state index in [1.807, 2.05) is 4.90 Å². The third-order valence-corrected chi connectivity index (χ3v) is 7.52. The van der Waals surface area contributed by atoms with Gasteiger partial charge in [0.15, 0.2) is 14.6 Å². The van der Waals surface area contributed by atoms with E-state index in [2.05, 4.69) is 19.2 Å². The van der Waals surface area contributed by atoms with Crippen LogP contribution >= 0.6 is 12.4 Å². The zero-order valence-electron chi connectivity index (χ0n) is 14.5. The van der Waals surface area contributed by atoms with Gasteiger partial charge in [0.25, 0.3) is 0 Å². The molecule has 0 bridgehead atoms. The summed E-state index contributed by atoms with van der Waals surface area (Å²) in [7, 11) is -3.41. The molecule has 5 nitrogen and oxygen atoms in total. The maximum atomic E-state index is 13.1. The van der Waals surface area contributed by atoms with Gasteiger partial charge in [-0.1, -0.05) is 13.8 Å². The maximum Gasteiger partial charge on any atom is 0.244 e. The molecule has 0 aromatic heterocycles. The summed E-state index contributed by atoms with van der Waals surface area (Å²) in [4.78, 5) is 14.9. The predicted molar refractivity (Wildman–Crippen MR) is 95.7 cm³/mol. The largest absolute Gasteiger partial charge is 0.341 e. The van der Waals surface area contributed by atoms with Crippen molar-refractivity contribution in [3.8, 4) is 0 Å². The number of rotatable bonds is 3. The van der Waals surface area contributed by atoms with Crippen molar-refractivity contribution in [3.63, 3.8) is 0 Å². The maximum absolute atomic E-state index is 13.1. The Morgan fingerprint density at radius 1 is 1.17 bits per heavy atom. The highest BCUT2D eigenvalue weighted by atomic mass is 35.5. The molecular formula is C16H31ClN2O3S. The number of halogens is 1. The van der Waals surface area contributed by atoms with Crippen molar-refractivity contribution >= 4 is 28.2 Å². The number of nitrogens with one attached hydrogen (secondary N) is 1. The number of carbonyl (C=O) groups excluding carboxylic acids is 1. The second-order valence-electron chi connectivity index (χ2n) is 7.24. The Morgan fingerprint density at radius 2 is 1.78 bits per heavy atom. The van der Waals surface area contributed by atoms with E-state index in [4.69, 9.17) is 0 Å². The summed E-state index contributed by atoms with van der Waals surface area (Å²) >= 11 is 0. The minimum atomic E-state index is -3.41. The molecule has 2 heterocycles. The minimum absolute atomic E-state index is 0. The fourth-order valence-electron chi connectivity index (χ4n) is 3.85. The summed E-state index contributed by atoms with van der Waals surface area (Å²) in [6.07, 6.45) is 5.12. The van der Waals surface area contributed by atoms with Crippen LogP contribution in [0.15, 0.2) is 0 Å². The molecule has 0 radical (unpaired) electrons. The molecule has 1 atom stereocenters. The molecule has 0 aromatic carbocycles. The molecule has 1 N–H and O–H groups in total. The van der Waals surface area contributed by atoms with E-state index in [-0.39, 0.29) is 18.3 Å². The molecule has 2 saturated heterocycles. The van der Waals surface area contributed by atoms with Crippen LogP contribution in [-0.2, 0) is 14.6 Å². The van der Waals surface area contributed by atoms with Gasteiger partial charge in [-0.2, -0.15) is 0 Å². The zero-order valence-corrected chi connectivity index (χ0v) is 16.1. The van der Waals surface area contributed by atoms with Crippen LogP contribution in [0.2, 0.25) is 0 Å². The standard InChI is InChI=1S/C16H30N2O3S.ClH/c1-13(2)14-5-4-11-18(12-6-14)15(19)16(22(3,20)21)7-9-17-10-8-16;/h13-14,17H,4-12H2,1-3H3;1H. The number of nitrogens with zero attached hydrogens (tertiary/aromatic N) is 1. The van der Waals surface area contributed by atoms with Crippen LogP contribution in [0.1, 0.15) is 46.0 Å². The molecule has 2 aliphatic rings. The van der Waals surface area contributed by atoms with Crippen LogP contribution in [0.5, 0.6) is 0 Å².